The van der Waals surface area contributed by atoms with Crippen molar-refractivity contribution in [2.45, 2.75) is 26.2 Å². The van der Waals surface area contributed by atoms with Crippen LogP contribution >= 0.6 is 15.9 Å². The highest BCUT2D eigenvalue weighted by Gasteiger charge is 2.40. The molecule has 2 heteroatoms. The number of rotatable bonds is 3. The van der Waals surface area contributed by atoms with Crippen LogP contribution in [0.5, 0.6) is 5.75 Å². The van der Waals surface area contributed by atoms with E-state index in [9.17, 15) is 5.11 Å². The van der Waals surface area contributed by atoms with Crippen LogP contribution in [0.2, 0.25) is 0 Å². The van der Waals surface area contributed by atoms with Gasteiger partial charge in [-0.2, -0.15) is 0 Å². The predicted octanol–water partition coefficient (Wildman–Crippen LogP) is 3.75. The fraction of sp³-hybridized carbons (Fsp3) is 0.538. The maximum Gasteiger partial charge on any atom is 0.115 e. The summed E-state index contributed by atoms with van der Waals surface area (Å²) in [6, 6.07) is 7.62. The third kappa shape index (κ3) is 2.36. The van der Waals surface area contributed by atoms with Crippen molar-refractivity contribution in [3.8, 4) is 5.75 Å². The molecule has 0 spiro atoms. The number of alkyl halides is 1. The maximum absolute atomic E-state index is 9.22. The predicted molar refractivity (Wildman–Crippen MR) is 66.4 cm³/mol. The Balaban J connectivity index is 2.04. The first-order chi connectivity index (χ1) is 7.13. The van der Waals surface area contributed by atoms with Crippen LogP contribution in [0.4, 0.5) is 0 Å². The molecule has 1 nitrogen and oxygen atoms in total. The summed E-state index contributed by atoms with van der Waals surface area (Å²) in [5.74, 6) is 1.23. The SMILES string of the molecule is CC1CC(CBr)(Cc2ccc(O)cc2)C1. The topological polar surface area (TPSA) is 20.2 Å². The van der Waals surface area contributed by atoms with Gasteiger partial charge >= 0.3 is 0 Å². The Hall–Kier alpha value is -0.500. The molecule has 0 heterocycles. The second-order valence-electron chi connectivity index (χ2n) is 4.99. The highest BCUT2D eigenvalue weighted by atomic mass is 79.9. The number of hydrogen-bond donors (Lipinski definition) is 1. The minimum atomic E-state index is 0.355. The molecule has 1 aromatic carbocycles. The van der Waals surface area contributed by atoms with Crippen molar-refractivity contribution < 1.29 is 5.11 Å². The van der Waals surface area contributed by atoms with E-state index in [2.05, 4.69) is 22.9 Å². The van der Waals surface area contributed by atoms with Crippen LogP contribution in [0.3, 0.4) is 0 Å². The van der Waals surface area contributed by atoms with Crippen LogP contribution < -0.4 is 0 Å². The fourth-order valence-corrected chi connectivity index (χ4v) is 3.42. The van der Waals surface area contributed by atoms with Gasteiger partial charge in [0.2, 0.25) is 0 Å². The number of hydrogen-bond acceptors (Lipinski definition) is 1. The Labute approximate surface area is 99.6 Å². The zero-order valence-electron chi connectivity index (χ0n) is 9.04. The Morgan fingerprint density at radius 2 is 1.93 bits per heavy atom. The van der Waals surface area contributed by atoms with Gasteiger partial charge in [-0.1, -0.05) is 35.0 Å². The molecule has 0 atom stereocenters. The lowest BCUT2D eigenvalue weighted by Crippen LogP contribution is -2.39. The number of phenolic OH excluding ortho intramolecular Hbond substituents is 1. The van der Waals surface area contributed by atoms with Gasteiger partial charge in [0.15, 0.2) is 0 Å². The molecule has 0 amide bonds. The maximum atomic E-state index is 9.22. The number of phenols is 1. The van der Waals surface area contributed by atoms with Gasteiger partial charge in [-0.05, 0) is 48.3 Å². The first-order valence-corrected chi connectivity index (χ1v) is 6.60. The van der Waals surface area contributed by atoms with Gasteiger partial charge in [0.05, 0.1) is 0 Å². The van der Waals surface area contributed by atoms with Crippen LogP contribution in [-0.4, -0.2) is 10.4 Å². The summed E-state index contributed by atoms with van der Waals surface area (Å²) in [6.45, 7) is 2.32. The van der Waals surface area contributed by atoms with Gasteiger partial charge in [-0.3, -0.25) is 0 Å². The monoisotopic (exact) mass is 268 g/mol. The molecule has 0 bridgehead atoms. The summed E-state index contributed by atoms with van der Waals surface area (Å²) in [6.07, 6.45) is 3.77. The molecular weight excluding hydrogens is 252 g/mol. The number of aromatic hydroxyl groups is 1. The lowest BCUT2D eigenvalue weighted by Gasteiger charge is -2.46. The number of halogens is 1. The summed E-state index contributed by atoms with van der Waals surface area (Å²) < 4.78 is 0. The van der Waals surface area contributed by atoms with Gasteiger partial charge in [0, 0.05) is 5.33 Å². The van der Waals surface area contributed by atoms with Crippen molar-refractivity contribution >= 4 is 15.9 Å². The van der Waals surface area contributed by atoms with Crippen molar-refractivity contribution in [1.29, 1.82) is 0 Å². The van der Waals surface area contributed by atoms with Crippen LogP contribution in [0, 0.1) is 11.3 Å². The van der Waals surface area contributed by atoms with E-state index in [0.29, 0.717) is 11.2 Å². The molecule has 0 aromatic heterocycles. The molecule has 2 rings (SSSR count). The molecule has 0 radical (unpaired) electrons. The highest BCUT2D eigenvalue weighted by molar-refractivity contribution is 9.09. The van der Waals surface area contributed by atoms with Gasteiger partial charge < -0.3 is 5.11 Å². The quantitative estimate of drug-likeness (QED) is 0.829. The van der Waals surface area contributed by atoms with Gasteiger partial charge in [0.25, 0.3) is 0 Å². The summed E-state index contributed by atoms with van der Waals surface area (Å²) in [5, 5.41) is 10.3. The van der Waals surface area contributed by atoms with E-state index in [-0.39, 0.29) is 0 Å². The van der Waals surface area contributed by atoms with Crippen molar-refractivity contribution in [2.24, 2.45) is 11.3 Å². The molecule has 0 aliphatic heterocycles. The van der Waals surface area contributed by atoms with Crippen molar-refractivity contribution in [3.05, 3.63) is 29.8 Å². The molecule has 82 valence electrons. The van der Waals surface area contributed by atoms with Crippen molar-refractivity contribution in [1.82, 2.24) is 0 Å². The lowest BCUT2D eigenvalue weighted by atomic mass is 9.61. The largest absolute Gasteiger partial charge is 0.508 e. The average Bonchev–Trinajstić information content (AvgIpc) is 2.18. The summed E-state index contributed by atoms with van der Waals surface area (Å²) in [5.41, 5.74) is 1.80. The molecule has 1 fully saturated rings. The van der Waals surface area contributed by atoms with E-state index in [0.717, 1.165) is 17.7 Å². The zero-order valence-corrected chi connectivity index (χ0v) is 10.6. The average molecular weight is 269 g/mol. The second kappa shape index (κ2) is 4.17. The molecule has 1 aliphatic rings. The third-order valence-electron chi connectivity index (χ3n) is 3.36. The Morgan fingerprint density at radius 3 is 2.40 bits per heavy atom. The number of benzene rings is 1. The summed E-state index contributed by atoms with van der Waals surface area (Å²) in [4.78, 5) is 0. The van der Waals surface area contributed by atoms with Crippen molar-refractivity contribution in [2.75, 3.05) is 5.33 Å². The summed E-state index contributed by atoms with van der Waals surface area (Å²) in [7, 11) is 0. The molecule has 15 heavy (non-hydrogen) atoms. The molecule has 1 aliphatic carbocycles. The van der Waals surface area contributed by atoms with Crippen LogP contribution in [-0.2, 0) is 6.42 Å². The second-order valence-corrected chi connectivity index (χ2v) is 5.55. The molecule has 0 unspecified atom stereocenters. The van der Waals surface area contributed by atoms with E-state index in [1.807, 2.05) is 12.1 Å². The normalized spacial score (nSPS) is 29.9. The van der Waals surface area contributed by atoms with Gasteiger partial charge in [0.1, 0.15) is 5.75 Å². The molecular formula is C13H17BrO. The van der Waals surface area contributed by atoms with E-state index in [1.54, 1.807) is 12.1 Å². The summed E-state index contributed by atoms with van der Waals surface area (Å²) >= 11 is 3.63. The Kier molecular flexibility index (Phi) is 3.06. The highest BCUT2D eigenvalue weighted by Crippen LogP contribution is 2.48. The Morgan fingerprint density at radius 1 is 1.33 bits per heavy atom. The van der Waals surface area contributed by atoms with E-state index in [4.69, 9.17) is 0 Å². The van der Waals surface area contributed by atoms with Gasteiger partial charge in [-0.25, -0.2) is 0 Å². The standard InChI is InChI=1S/C13H17BrO/c1-10-6-13(7-10,9-14)8-11-2-4-12(15)5-3-11/h2-5,10,15H,6-9H2,1H3. The lowest BCUT2D eigenvalue weighted by molar-refractivity contribution is 0.0955. The van der Waals surface area contributed by atoms with Gasteiger partial charge in [-0.15, -0.1) is 0 Å². The van der Waals surface area contributed by atoms with Crippen LogP contribution in [0.1, 0.15) is 25.3 Å². The smallest absolute Gasteiger partial charge is 0.115 e. The minimum Gasteiger partial charge on any atom is -0.508 e. The van der Waals surface area contributed by atoms with Crippen molar-refractivity contribution in [3.63, 3.8) is 0 Å². The Bertz CT molecular complexity index is 325. The van der Waals surface area contributed by atoms with Crippen LogP contribution in [0.25, 0.3) is 0 Å². The third-order valence-corrected chi connectivity index (χ3v) is 4.55. The molecule has 1 N–H and O–H groups in total. The van der Waals surface area contributed by atoms with E-state index in [1.165, 1.54) is 18.4 Å². The zero-order chi connectivity index (χ0) is 10.9. The molecule has 1 aromatic rings. The first-order valence-electron chi connectivity index (χ1n) is 5.47. The first kappa shape index (κ1) is 11.0. The fourth-order valence-electron chi connectivity index (χ4n) is 2.77. The minimum absolute atomic E-state index is 0.355. The van der Waals surface area contributed by atoms with E-state index >= 15 is 0 Å². The molecule has 0 saturated heterocycles. The van der Waals surface area contributed by atoms with E-state index < -0.39 is 0 Å². The van der Waals surface area contributed by atoms with Crippen LogP contribution in [0.15, 0.2) is 24.3 Å². The molecule has 1 saturated carbocycles.